The molecule has 1 heterocycles. The van der Waals surface area contributed by atoms with Crippen LogP contribution in [0.5, 0.6) is 11.5 Å². The zero-order valence-electron chi connectivity index (χ0n) is 21.3. The second-order valence-electron chi connectivity index (χ2n) is 8.19. The number of anilines is 1. The Hall–Kier alpha value is -3.58. The van der Waals surface area contributed by atoms with Crippen molar-refractivity contribution >= 4 is 18.9 Å². The molecule has 0 saturated heterocycles. The van der Waals surface area contributed by atoms with Crippen LogP contribution in [0.25, 0.3) is 0 Å². The molecule has 0 aliphatic rings. The highest BCUT2D eigenvalue weighted by Gasteiger charge is 2.36. The Morgan fingerprint density at radius 2 is 1.43 bits per heavy atom. The summed E-state index contributed by atoms with van der Waals surface area (Å²) in [6.45, 7) is 0.478. The van der Waals surface area contributed by atoms with E-state index in [0.717, 1.165) is 16.7 Å². The number of nitrogens with zero attached hydrogens (tertiary/aromatic N) is 1. The molecule has 0 aliphatic carbocycles. The maximum absolute atomic E-state index is 13.4. The molecule has 0 atom stereocenters. The van der Waals surface area contributed by atoms with Crippen LogP contribution in [-0.2, 0) is 20.0 Å². The van der Waals surface area contributed by atoms with Crippen LogP contribution in [0.3, 0.4) is 0 Å². The molecule has 0 saturated carbocycles. The Morgan fingerprint density at radius 1 is 0.838 bits per heavy atom. The monoisotopic (exact) mass is 522 g/mol. The largest absolute Gasteiger partial charge is 0.493 e. The fourth-order valence-electron chi connectivity index (χ4n) is 4.12. The van der Waals surface area contributed by atoms with E-state index in [4.69, 9.17) is 22.9 Å². The third-order valence-corrected chi connectivity index (χ3v) is 7.81. The lowest BCUT2D eigenvalue weighted by Gasteiger charge is -2.14. The number of benzene rings is 3. The predicted molar refractivity (Wildman–Crippen MR) is 143 cm³/mol. The summed E-state index contributed by atoms with van der Waals surface area (Å²) >= 11 is 0. The van der Waals surface area contributed by atoms with Gasteiger partial charge >= 0.3 is 7.60 Å². The molecule has 194 valence electrons. The van der Waals surface area contributed by atoms with Crippen LogP contribution in [0.4, 0.5) is 5.88 Å². The smallest absolute Gasteiger partial charge is 0.384 e. The molecule has 0 bridgehead atoms. The van der Waals surface area contributed by atoms with Gasteiger partial charge in [0.1, 0.15) is 0 Å². The van der Waals surface area contributed by atoms with Gasteiger partial charge in [0.05, 0.1) is 20.1 Å². The first-order valence-electron chi connectivity index (χ1n) is 11.8. The second-order valence-corrected chi connectivity index (χ2v) is 10.3. The molecule has 1 aromatic heterocycles. The summed E-state index contributed by atoms with van der Waals surface area (Å²) in [5.74, 6) is 1.63. The standard InChI is InChI=1S/C28H31N2O6P/c1-32-23-16-15-20(19-24(23)33-2)17-18-29-27-28(37(31,34-3)35-4)30-26(36-27)25(21-11-7-5-8-12-21)22-13-9-6-10-14-22/h5-16,19,25,29H,17-18H2,1-4H3. The number of hydrogen-bond acceptors (Lipinski definition) is 8. The van der Waals surface area contributed by atoms with Crippen molar-refractivity contribution in [2.75, 3.05) is 40.3 Å². The van der Waals surface area contributed by atoms with Crippen molar-refractivity contribution in [2.45, 2.75) is 12.3 Å². The van der Waals surface area contributed by atoms with Gasteiger partial charge in [-0.25, -0.2) is 4.98 Å². The summed E-state index contributed by atoms with van der Waals surface area (Å²) in [6, 6.07) is 25.6. The van der Waals surface area contributed by atoms with Crippen molar-refractivity contribution in [1.82, 2.24) is 4.98 Å². The molecule has 0 unspecified atom stereocenters. The van der Waals surface area contributed by atoms with Crippen LogP contribution < -0.4 is 20.2 Å². The molecular weight excluding hydrogens is 491 g/mol. The van der Waals surface area contributed by atoms with Gasteiger partial charge < -0.3 is 28.3 Å². The number of nitrogens with one attached hydrogen (secondary N) is 1. The summed E-state index contributed by atoms with van der Waals surface area (Å²) in [7, 11) is 2.15. The van der Waals surface area contributed by atoms with Crippen LogP contribution >= 0.6 is 7.60 Å². The fraction of sp³-hybridized carbons (Fsp3) is 0.250. The second kappa shape index (κ2) is 12.1. The Morgan fingerprint density at radius 3 is 1.97 bits per heavy atom. The van der Waals surface area contributed by atoms with Crippen molar-refractivity contribution in [2.24, 2.45) is 0 Å². The molecule has 4 rings (SSSR count). The minimum Gasteiger partial charge on any atom is -0.493 e. The number of oxazole rings is 1. The van der Waals surface area contributed by atoms with Crippen molar-refractivity contribution < 1.29 is 27.5 Å². The zero-order chi connectivity index (χ0) is 26.3. The van der Waals surface area contributed by atoms with E-state index < -0.39 is 7.60 Å². The summed E-state index contributed by atoms with van der Waals surface area (Å²) in [5, 5.41) is 3.25. The predicted octanol–water partition coefficient (Wildman–Crippen LogP) is 5.64. The van der Waals surface area contributed by atoms with Gasteiger partial charge in [-0.15, -0.1) is 0 Å². The zero-order valence-corrected chi connectivity index (χ0v) is 22.2. The molecule has 37 heavy (non-hydrogen) atoms. The van der Waals surface area contributed by atoms with Gasteiger partial charge in [-0.3, -0.25) is 4.57 Å². The number of aromatic nitrogens is 1. The average molecular weight is 523 g/mol. The first kappa shape index (κ1) is 26.5. The molecule has 8 nitrogen and oxygen atoms in total. The van der Waals surface area contributed by atoms with Gasteiger partial charge in [0, 0.05) is 20.8 Å². The molecule has 3 aromatic carbocycles. The Balaban J connectivity index is 1.68. The molecule has 0 amide bonds. The van der Waals surface area contributed by atoms with Gasteiger partial charge in [-0.1, -0.05) is 66.7 Å². The maximum Gasteiger partial charge on any atom is 0.384 e. The molecule has 0 radical (unpaired) electrons. The summed E-state index contributed by atoms with van der Waals surface area (Å²) < 4.78 is 41.0. The molecule has 0 aliphatic heterocycles. The highest BCUT2D eigenvalue weighted by molar-refractivity contribution is 7.62. The number of hydrogen-bond donors (Lipinski definition) is 1. The summed E-state index contributed by atoms with van der Waals surface area (Å²) in [6.07, 6.45) is 0.640. The van der Waals surface area contributed by atoms with Crippen molar-refractivity contribution in [3.8, 4) is 11.5 Å². The van der Waals surface area contributed by atoms with Crippen LogP contribution in [0.1, 0.15) is 28.5 Å². The SMILES string of the molecule is COc1ccc(CCNc2oc(C(c3ccccc3)c3ccccc3)nc2P(=O)(OC)OC)cc1OC. The van der Waals surface area contributed by atoms with Gasteiger partial charge in [0.25, 0.3) is 0 Å². The lowest BCUT2D eigenvalue weighted by atomic mass is 9.91. The Bertz CT molecular complexity index is 1300. The molecule has 1 N–H and O–H groups in total. The van der Waals surface area contributed by atoms with Crippen molar-refractivity contribution in [1.29, 1.82) is 0 Å². The third kappa shape index (κ3) is 5.88. The minimum absolute atomic E-state index is 0.108. The molecular formula is C28H31N2O6P. The average Bonchev–Trinajstić information content (AvgIpc) is 3.37. The van der Waals surface area contributed by atoms with Crippen LogP contribution in [0.2, 0.25) is 0 Å². The molecule has 4 aromatic rings. The van der Waals surface area contributed by atoms with E-state index in [1.165, 1.54) is 14.2 Å². The van der Waals surface area contributed by atoms with Gasteiger partial charge in [0.15, 0.2) is 11.5 Å². The van der Waals surface area contributed by atoms with Crippen molar-refractivity contribution in [3.05, 3.63) is 101 Å². The van der Waals surface area contributed by atoms with E-state index in [1.807, 2.05) is 78.9 Å². The Kier molecular flexibility index (Phi) is 8.66. The summed E-state index contributed by atoms with van der Waals surface area (Å²) in [4.78, 5) is 4.67. The van der Waals surface area contributed by atoms with Crippen molar-refractivity contribution in [3.63, 3.8) is 0 Å². The normalized spacial score (nSPS) is 11.5. The first-order chi connectivity index (χ1) is 18.0. The highest BCUT2D eigenvalue weighted by Crippen LogP contribution is 2.48. The third-order valence-electron chi connectivity index (χ3n) is 6.03. The lowest BCUT2D eigenvalue weighted by Crippen LogP contribution is -2.16. The fourth-order valence-corrected chi connectivity index (χ4v) is 5.21. The highest BCUT2D eigenvalue weighted by atomic mass is 31.2. The van der Waals surface area contributed by atoms with E-state index in [9.17, 15) is 4.57 Å². The number of rotatable bonds is 12. The van der Waals surface area contributed by atoms with E-state index >= 15 is 0 Å². The van der Waals surface area contributed by atoms with Crippen LogP contribution in [-0.4, -0.2) is 40.0 Å². The maximum atomic E-state index is 13.4. The van der Waals surface area contributed by atoms with Gasteiger partial charge in [-0.2, -0.15) is 0 Å². The van der Waals surface area contributed by atoms with E-state index in [0.29, 0.717) is 30.4 Å². The molecule has 0 spiro atoms. The van der Waals surface area contributed by atoms with Crippen LogP contribution in [0.15, 0.2) is 83.3 Å². The van der Waals surface area contributed by atoms with E-state index in [2.05, 4.69) is 10.3 Å². The van der Waals surface area contributed by atoms with Gasteiger partial charge in [-0.05, 0) is 35.2 Å². The van der Waals surface area contributed by atoms with Gasteiger partial charge in [0.2, 0.25) is 17.2 Å². The Labute approximate surface area is 217 Å². The summed E-state index contributed by atoms with van der Waals surface area (Å²) in [5.41, 5.74) is 3.11. The topological polar surface area (TPSA) is 92.1 Å². The molecule has 0 fully saturated rings. The van der Waals surface area contributed by atoms with E-state index in [-0.39, 0.29) is 17.2 Å². The molecule has 9 heteroatoms. The number of ether oxygens (including phenoxy) is 2. The minimum atomic E-state index is -3.71. The quantitative estimate of drug-likeness (QED) is 0.239. The van der Waals surface area contributed by atoms with E-state index in [1.54, 1.807) is 14.2 Å². The lowest BCUT2D eigenvalue weighted by molar-refractivity contribution is 0.286. The first-order valence-corrected chi connectivity index (χ1v) is 13.3. The van der Waals surface area contributed by atoms with Crippen LogP contribution in [0, 0.1) is 0 Å². The number of methoxy groups -OCH3 is 2.